The molecule has 1 aromatic carbocycles. The number of carbonyl (C=O) groups excluding carboxylic acids is 1. The summed E-state index contributed by atoms with van der Waals surface area (Å²) in [7, 11) is 2.13. The summed E-state index contributed by atoms with van der Waals surface area (Å²) in [5.74, 6) is 0.416. The molecule has 0 atom stereocenters. The molecule has 0 bridgehead atoms. The first-order chi connectivity index (χ1) is 18.0. The van der Waals surface area contributed by atoms with Gasteiger partial charge in [0.25, 0.3) is 5.91 Å². The summed E-state index contributed by atoms with van der Waals surface area (Å²) in [4.78, 5) is 45.9. The number of hydrogen-bond donors (Lipinski definition) is 1. The van der Waals surface area contributed by atoms with E-state index in [9.17, 15) is 9.59 Å². The van der Waals surface area contributed by atoms with E-state index in [1.807, 2.05) is 47.7 Å². The Morgan fingerprint density at radius 1 is 1.05 bits per heavy atom. The first-order valence-electron chi connectivity index (χ1n) is 12.4. The van der Waals surface area contributed by atoms with Crippen molar-refractivity contribution in [3.63, 3.8) is 0 Å². The van der Waals surface area contributed by atoms with Crippen molar-refractivity contribution < 1.29 is 4.79 Å². The number of fused-ring (bicyclic) bond motifs is 5. The highest BCUT2D eigenvalue weighted by Crippen LogP contribution is 2.31. The van der Waals surface area contributed by atoms with Crippen LogP contribution in [0.15, 0.2) is 53.6 Å². The van der Waals surface area contributed by atoms with Gasteiger partial charge in [0.2, 0.25) is 5.43 Å². The maximum absolute atomic E-state index is 13.7. The van der Waals surface area contributed by atoms with Crippen molar-refractivity contribution in [1.82, 2.24) is 29.6 Å². The third-order valence-electron chi connectivity index (χ3n) is 6.81. The Bertz CT molecular complexity index is 1700. The van der Waals surface area contributed by atoms with Crippen molar-refractivity contribution in [1.29, 1.82) is 0 Å². The number of nitrogens with one attached hydrogen (secondary N) is 1. The number of benzene rings is 1. The smallest absolute Gasteiger partial charge is 0.258 e. The van der Waals surface area contributed by atoms with Crippen LogP contribution < -0.4 is 15.6 Å². The first kappa shape index (κ1) is 26.0. The molecule has 196 valence electrons. The minimum Gasteiger partial charge on any atom is -0.355 e. The second-order valence-corrected chi connectivity index (χ2v) is 10.5. The number of nitrogens with zero attached hydrogens (tertiary/aromatic N) is 6. The highest BCUT2D eigenvalue weighted by atomic mass is 35.5. The summed E-state index contributed by atoms with van der Waals surface area (Å²) in [5, 5.41) is 3.30. The number of thiazole rings is 1. The van der Waals surface area contributed by atoms with Gasteiger partial charge < -0.3 is 15.1 Å². The Balaban J connectivity index is 0.00000294. The van der Waals surface area contributed by atoms with Crippen molar-refractivity contribution in [3.05, 3.63) is 76.0 Å². The molecule has 1 saturated heterocycles. The van der Waals surface area contributed by atoms with Gasteiger partial charge in [-0.15, -0.1) is 23.7 Å². The second kappa shape index (κ2) is 10.6. The molecule has 1 aliphatic heterocycles. The topological polar surface area (TPSA) is 95.7 Å². The van der Waals surface area contributed by atoms with E-state index in [2.05, 4.69) is 32.1 Å². The number of halogens is 1. The lowest BCUT2D eigenvalue weighted by molar-refractivity contribution is 0.0951. The average Bonchev–Trinajstić information content (AvgIpc) is 3.15. The van der Waals surface area contributed by atoms with E-state index in [1.165, 1.54) is 11.3 Å². The van der Waals surface area contributed by atoms with Gasteiger partial charge >= 0.3 is 0 Å². The molecule has 4 aromatic heterocycles. The second-order valence-electron chi connectivity index (χ2n) is 9.43. The van der Waals surface area contributed by atoms with E-state index < -0.39 is 5.91 Å². The summed E-state index contributed by atoms with van der Waals surface area (Å²) in [5.41, 5.74) is 2.74. The SMILES string of the molecule is Cc1cnc(CNC(=O)c2c(=O)c3ccc(N4CCCN(C)CC4)nc3n3c2sc2ccccc23)cn1.Cl. The van der Waals surface area contributed by atoms with Gasteiger partial charge in [0.05, 0.1) is 39.7 Å². The number of aryl methyl sites for hydroxylation is 1. The predicted molar refractivity (Wildman–Crippen MR) is 154 cm³/mol. The number of hydrogen-bond acceptors (Lipinski definition) is 8. The van der Waals surface area contributed by atoms with E-state index in [-0.39, 0.29) is 29.9 Å². The van der Waals surface area contributed by atoms with Crippen LogP contribution in [0, 0.1) is 6.92 Å². The summed E-state index contributed by atoms with van der Waals surface area (Å²) in [6.07, 6.45) is 4.34. The van der Waals surface area contributed by atoms with Gasteiger partial charge in [-0.2, -0.15) is 0 Å². The van der Waals surface area contributed by atoms with Crippen molar-refractivity contribution in [2.24, 2.45) is 0 Å². The fourth-order valence-electron chi connectivity index (χ4n) is 4.80. The Morgan fingerprint density at radius 2 is 1.89 bits per heavy atom. The van der Waals surface area contributed by atoms with E-state index in [1.54, 1.807) is 12.4 Å². The van der Waals surface area contributed by atoms with Crippen LogP contribution in [-0.4, -0.2) is 63.4 Å². The number of aromatic nitrogens is 4. The number of anilines is 1. The Kier molecular flexibility index (Phi) is 7.29. The molecule has 6 rings (SSSR count). The molecular weight excluding hydrogens is 522 g/mol. The number of para-hydroxylation sites is 1. The minimum absolute atomic E-state index is 0. The zero-order chi connectivity index (χ0) is 25.5. The van der Waals surface area contributed by atoms with Crippen LogP contribution in [0.25, 0.3) is 26.1 Å². The van der Waals surface area contributed by atoms with Crippen LogP contribution in [0.5, 0.6) is 0 Å². The van der Waals surface area contributed by atoms with Gasteiger partial charge in [-0.05, 0) is 51.2 Å². The van der Waals surface area contributed by atoms with Crippen LogP contribution in [0.2, 0.25) is 0 Å². The predicted octanol–water partition coefficient (Wildman–Crippen LogP) is 3.65. The molecule has 1 aliphatic rings. The highest BCUT2D eigenvalue weighted by molar-refractivity contribution is 7.24. The molecule has 5 heterocycles. The van der Waals surface area contributed by atoms with Gasteiger partial charge in [0.1, 0.15) is 16.2 Å². The Labute approximate surface area is 229 Å². The van der Waals surface area contributed by atoms with Crippen molar-refractivity contribution in [2.75, 3.05) is 38.1 Å². The van der Waals surface area contributed by atoms with E-state index in [0.717, 1.165) is 54.3 Å². The third-order valence-corrected chi connectivity index (χ3v) is 7.95. The van der Waals surface area contributed by atoms with Crippen LogP contribution in [0.3, 0.4) is 0 Å². The summed E-state index contributed by atoms with van der Waals surface area (Å²) >= 11 is 1.43. The lowest BCUT2D eigenvalue weighted by atomic mass is 10.1. The van der Waals surface area contributed by atoms with E-state index in [0.29, 0.717) is 21.6 Å². The lowest BCUT2D eigenvalue weighted by Gasteiger charge is -2.22. The quantitative estimate of drug-likeness (QED) is 0.365. The highest BCUT2D eigenvalue weighted by Gasteiger charge is 2.24. The molecule has 11 heteroatoms. The molecule has 0 saturated carbocycles. The zero-order valence-electron chi connectivity index (χ0n) is 21.2. The monoisotopic (exact) mass is 549 g/mol. The standard InChI is InChI=1S/C27H27N7O2S.ClH/c1-17-14-29-18(15-28-17)16-30-26(36)23-24(35)19-8-9-22(33-11-5-10-32(2)12-13-33)31-25(19)34-20-6-3-4-7-21(20)37-27(23)34;/h3-4,6-9,14-15H,5,10-13,16H2,1-2H3,(H,30,36);1H. The molecule has 9 nitrogen and oxygen atoms in total. The fraction of sp³-hybridized carbons (Fsp3) is 0.296. The van der Waals surface area contributed by atoms with Gasteiger partial charge in [0.15, 0.2) is 5.65 Å². The van der Waals surface area contributed by atoms with Crippen molar-refractivity contribution in [3.8, 4) is 0 Å². The molecule has 0 radical (unpaired) electrons. The van der Waals surface area contributed by atoms with Crippen molar-refractivity contribution in [2.45, 2.75) is 19.9 Å². The maximum atomic E-state index is 13.7. The molecule has 0 unspecified atom stereocenters. The Hall–Kier alpha value is -3.60. The van der Waals surface area contributed by atoms with Crippen LogP contribution in [0.1, 0.15) is 28.2 Å². The van der Waals surface area contributed by atoms with Crippen LogP contribution >= 0.6 is 23.7 Å². The average molecular weight is 550 g/mol. The number of carbonyl (C=O) groups is 1. The molecule has 1 fully saturated rings. The third kappa shape index (κ3) is 4.70. The molecular formula is C27H28ClN7O2S. The van der Waals surface area contributed by atoms with Gasteiger partial charge in [0, 0.05) is 25.8 Å². The maximum Gasteiger partial charge on any atom is 0.258 e. The summed E-state index contributed by atoms with van der Waals surface area (Å²) < 4.78 is 2.95. The van der Waals surface area contributed by atoms with Gasteiger partial charge in [-0.1, -0.05) is 12.1 Å². The largest absolute Gasteiger partial charge is 0.355 e. The molecule has 1 amide bonds. The Morgan fingerprint density at radius 3 is 2.71 bits per heavy atom. The molecule has 0 spiro atoms. The lowest BCUT2D eigenvalue weighted by Crippen LogP contribution is -2.31. The van der Waals surface area contributed by atoms with E-state index in [4.69, 9.17) is 4.98 Å². The van der Waals surface area contributed by atoms with E-state index >= 15 is 0 Å². The number of likely N-dealkylation sites (N-methyl/N-ethyl adjacent to an activating group) is 1. The van der Waals surface area contributed by atoms with Gasteiger partial charge in [-0.3, -0.25) is 24.0 Å². The molecule has 5 aromatic rings. The van der Waals surface area contributed by atoms with Gasteiger partial charge in [-0.25, -0.2) is 4.98 Å². The minimum atomic E-state index is -0.432. The number of amides is 1. The molecule has 1 N–H and O–H groups in total. The summed E-state index contributed by atoms with van der Waals surface area (Å²) in [6.45, 7) is 5.83. The fourth-order valence-corrected chi connectivity index (χ4v) is 5.98. The molecule has 0 aliphatic carbocycles. The zero-order valence-corrected chi connectivity index (χ0v) is 22.8. The van der Waals surface area contributed by atoms with Crippen LogP contribution in [-0.2, 0) is 6.54 Å². The van der Waals surface area contributed by atoms with Crippen molar-refractivity contribution >= 4 is 61.5 Å². The first-order valence-corrected chi connectivity index (χ1v) is 13.2. The number of pyridine rings is 2. The van der Waals surface area contributed by atoms with Crippen LogP contribution in [0.4, 0.5) is 5.82 Å². The molecule has 38 heavy (non-hydrogen) atoms. The summed E-state index contributed by atoms with van der Waals surface area (Å²) in [6, 6.07) is 11.6. The number of rotatable bonds is 4. The normalized spacial score (nSPS) is 14.5.